The van der Waals surface area contributed by atoms with Crippen molar-refractivity contribution in [2.24, 2.45) is 5.92 Å². The largest absolute Gasteiger partial charge is 0.338 e. The van der Waals surface area contributed by atoms with Gasteiger partial charge < -0.3 is 15.5 Å². The maximum Gasteiger partial charge on any atom is 0.315 e. The van der Waals surface area contributed by atoms with Gasteiger partial charge in [0.1, 0.15) is 0 Å². The minimum Gasteiger partial charge on any atom is -0.338 e. The second kappa shape index (κ2) is 6.26. The van der Waals surface area contributed by atoms with Crippen molar-refractivity contribution in [3.63, 3.8) is 0 Å². The summed E-state index contributed by atoms with van der Waals surface area (Å²) in [7, 11) is 0. The van der Waals surface area contributed by atoms with E-state index in [-0.39, 0.29) is 18.5 Å². The molecule has 5 nitrogen and oxygen atoms in total. The highest BCUT2D eigenvalue weighted by Gasteiger charge is 2.32. The molecule has 3 amide bonds. The van der Waals surface area contributed by atoms with Crippen LogP contribution in [-0.2, 0) is 4.79 Å². The summed E-state index contributed by atoms with van der Waals surface area (Å²) in [6, 6.07) is 0.533. The van der Waals surface area contributed by atoms with Crippen molar-refractivity contribution in [3.8, 4) is 0 Å². The summed E-state index contributed by atoms with van der Waals surface area (Å²) in [5.74, 6) is 0.647. The Balaban J connectivity index is 1.70. The van der Waals surface area contributed by atoms with E-state index in [9.17, 15) is 9.59 Å². The van der Waals surface area contributed by atoms with Gasteiger partial charge in [0, 0.05) is 18.6 Å². The van der Waals surface area contributed by atoms with E-state index in [0.29, 0.717) is 18.0 Å². The van der Waals surface area contributed by atoms with Gasteiger partial charge in [-0.2, -0.15) is 0 Å². The molecule has 2 rings (SSSR count). The lowest BCUT2D eigenvalue weighted by molar-refractivity contribution is -0.130. The minimum atomic E-state index is -0.213. The summed E-state index contributed by atoms with van der Waals surface area (Å²) < 4.78 is 0. The van der Waals surface area contributed by atoms with Gasteiger partial charge >= 0.3 is 6.03 Å². The molecule has 0 aromatic rings. The number of carbonyl (C=O) groups is 2. The number of amides is 3. The van der Waals surface area contributed by atoms with Gasteiger partial charge in [0.25, 0.3) is 0 Å². The molecule has 5 heteroatoms. The monoisotopic (exact) mass is 267 g/mol. The Morgan fingerprint density at radius 1 is 1.21 bits per heavy atom. The van der Waals surface area contributed by atoms with Crippen molar-refractivity contribution in [3.05, 3.63) is 0 Å². The summed E-state index contributed by atoms with van der Waals surface area (Å²) in [4.78, 5) is 25.5. The molecular formula is C14H25N3O2. The number of carbonyl (C=O) groups excluding carboxylic acids is 2. The number of urea groups is 1. The van der Waals surface area contributed by atoms with Crippen LogP contribution < -0.4 is 10.6 Å². The second-order valence-electron chi connectivity index (χ2n) is 6.10. The highest BCUT2D eigenvalue weighted by molar-refractivity contribution is 5.84. The van der Waals surface area contributed by atoms with Crippen LogP contribution in [0.15, 0.2) is 0 Å². The predicted octanol–water partition coefficient (Wildman–Crippen LogP) is 1.49. The van der Waals surface area contributed by atoms with E-state index in [1.807, 2.05) is 4.90 Å². The number of hydrogen-bond acceptors (Lipinski definition) is 2. The molecule has 0 saturated heterocycles. The summed E-state index contributed by atoms with van der Waals surface area (Å²) in [5, 5.41) is 5.49. The topological polar surface area (TPSA) is 61.4 Å². The van der Waals surface area contributed by atoms with Crippen LogP contribution in [0.25, 0.3) is 0 Å². The van der Waals surface area contributed by atoms with Gasteiger partial charge in [0.05, 0.1) is 6.54 Å². The lowest BCUT2D eigenvalue weighted by atomic mass is 10.1. The average molecular weight is 267 g/mol. The van der Waals surface area contributed by atoms with E-state index in [1.54, 1.807) is 0 Å². The molecule has 0 heterocycles. The zero-order valence-electron chi connectivity index (χ0n) is 11.9. The third-order valence-electron chi connectivity index (χ3n) is 3.57. The molecule has 0 aromatic heterocycles. The van der Waals surface area contributed by atoms with Crippen molar-refractivity contribution in [2.45, 2.75) is 58.0 Å². The van der Waals surface area contributed by atoms with Gasteiger partial charge in [-0.3, -0.25) is 4.79 Å². The van der Waals surface area contributed by atoms with E-state index in [4.69, 9.17) is 0 Å². The van der Waals surface area contributed by atoms with Crippen LogP contribution in [0, 0.1) is 5.92 Å². The van der Waals surface area contributed by atoms with Crippen molar-refractivity contribution in [2.75, 3.05) is 13.1 Å². The Labute approximate surface area is 115 Å². The van der Waals surface area contributed by atoms with E-state index in [1.165, 1.54) is 0 Å². The molecule has 0 aliphatic heterocycles. The van der Waals surface area contributed by atoms with Crippen molar-refractivity contribution in [1.82, 2.24) is 15.5 Å². The minimum absolute atomic E-state index is 0.0501. The Hall–Kier alpha value is -1.26. The summed E-state index contributed by atoms with van der Waals surface area (Å²) >= 11 is 0. The fraction of sp³-hybridized carbons (Fsp3) is 0.857. The molecular weight excluding hydrogens is 242 g/mol. The van der Waals surface area contributed by atoms with Crippen molar-refractivity contribution >= 4 is 11.9 Å². The molecule has 0 bridgehead atoms. The van der Waals surface area contributed by atoms with Gasteiger partial charge in [-0.15, -0.1) is 0 Å². The van der Waals surface area contributed by atoms with Crippen LogP contribution in [0.5, 0.6) is 0 Å². The lowest BCUT2D eigenvalue weighted by Gasteiger charge is -2.23. The predicted molar refractivity (Wildman–Crippen MR) is 73.7 cm³/mol. The van der Waals surface area contributed by atoms with E-state index < -0.39 is 0 Å². The number of nitrogens with zero attached hydrogens (tertiary/aromatic N) is 1. The summed E-state index contributed by atoms with van der Waals surface area (Å²) in [5.41, 5.74) is 0. The van der Waals surface area contributed by atoms with Crippen LogP contribution in [0.2, 0.25) is 0 Å². The highest BCUT2D eigenvalue weighted by Crippen LogP contribution is 2.27. The number of hydrogen-bond donors (Lipinski definition) is 2. The lowest BCUT2D eigenvalue weighted by Crippen LogP contribution is -2.45. The maximum atomic E-state index is 12.1. The Morgan fingerprint density at radius 3 is 2.42 bits per heavy atom. The molecule has 108 valence electrons. The first-order valence-corrected chi connectivity index (χ1v) is 7.40. The zero-order valence-corrected chi connectivity index (χ0v) is 11.9. The molecule has 2 aliphatic carbocycles. The smallest absolute Gasteiger partial charge is 0.315 e. The molecule has 0 atom stereocenters. The molecule has 0 unspecified atom stereocenters. The molecule has 2 N–H and O–H groups in total. The first-order chi connectivity index (χ1) is 9.06. The summed E-state index contributed by atoms with van der Waals surface area (Å²) in [6.07, 6.45) is 5.36. The molecule has 0 radical (unpaired) electrons. The number of nitrogens with one attached hydrogen (secondary N) is 2. The molecule has 0 spiro atoms. The van der Waals surface area contributed by atoms with Crippen molar-refractivity contribution in [1.29, 1.82) is 0 Å². The third-order valence-corrected chi connectivity index (χ3v) is 3.57. The summed E-state index contributed by atoms with van der Waals surface area (Å²) in [6.45, 7) is 5.26. The SMILES string of the molecule is CC(C)CCN(C(=O)CNC(=O)NC1CC1)C1CC1. The molecule has 0 aromatic carbocycles. The first kappa shape index (κ1) is 14.2. The number of rotatable bonds is 7. The average Bonchev–Trinajstić information content (AvgIpc) is 3.19. The fourth-order valence-electron chi connectivity index (χ4n) is 2.02. The Morgan fingerprint density at radius 2 is 1.89 bits per heavy atom. The van der Waals surface area contributed by atoms with Crippen LogP contribution >= 0.6 is 0 Å². The molecule has 2 fully saturated rings. The van der Waals surface area contributed by atoms with Gasteiger partial charge in [0.2, 0.25) is 5.91 Å². The van der Waals surface area contributed by atoms with Gasteiger partial charge in [-0.1, -0.05) is 13.8 Å². The van der Waals surface area contributed by atoms with E-state index in [2.05, 4.69) is 24.5 Å². The van der Waals surface area contributed by atoms with Gasteiger partial charge in [0.15, 0.2) is 0 Å². The first-order valence-electron chi connectivity index (χ1n) is 7.40. The van der Waals surface area contributed by atoms with Gasteiger partial charge in [-0.05, 0) is 38.0 Å². The van der Waals surface area contributed by atoms with Crippen molar-refractivity contribution < 1.29 is 9.59 Å². The van der Waals surface area contributed by atoms with E-state index >= 15 is 0 Å². The zero-order chi connectivity index (χ0) is 13.8. The van der Waals surface area contributed by atoms with Crippen LogP contribution in [0.1, 0.15) is 46.0 Å². The normalized spacial score (nSPS) is 18.3. The second-order valence-corrected chi connectivity index (χ2v) is 6.10. The molecule has 2 aliphatic rings. The van der Waals surface area contributed by atoms with Crippen LogP contribution in [0.4, 0.5) is 4.79 Å². The highest BCUT2D eigenvalue weighted by atomic mass is 16.2. The van der Waals surface area contributed by atoms with Gasteiger partial charge in [-0.25, -0.2) is 4.79 Å². The molecule has 19 heavy (non-hydrogen) atoms. The molecule has 2 saturated carbocycles. The Bertz CT molecular complexity index is 336. The van der Waals surface area contributed by atoms with Crippen LogP contribution in [0.3, 0.4) is 0 Å². The Kier molecular flexibility index (Phi) is 4.66. The fourth-order valence-corrected chi connectivity index (χ4v) is 2.02. The third kappa shape index (κ3) is 5.09. The maximum absolute atomic E-state index is 12.1. The standard InChI is InChI=1S/C14H25N3O2/c1-10(2)7-8-17(12-5-6-12)13(18)9-15-14(19)16-11-3-4-11/h10-12H,3-9H2,1-2H3,(H2,15,16,19). The quantitative estimate of drug-likeness (QED) is 0.734. The van der Waals surface area contributed by atoms with E-state index in [0.717, 1.165) is 38.6 Å². The van der Waals surface area contributed by atoms with Crippen LogP contribution in [-0.4, -0.2) is 42.0 Å².